The van der Waals surface area contributed by atoms with Gasteiger partial charge in [-0.15, -0.1) is 0 Å². The van der Waals surface area contributed by atoms with Crippen LogP contribution < -0.4 is 9.47 Å². The van der Waals surface area contributed by atoms with Gasteiger partial charge in [0.25, 0.3) is 0 Å². The maximum atomic E-state index is 9.01. The van der Waals surface area contributed by atoms with E-state index in [0.29, 0.717) is 30.3 Å². The Hall–Kier alpha value is -1.73. The van der Waals surface area contributed by atoms with Crippen molar-refractivity contribution in [1.29, 1.82) is 5.26 Å². The number of aliphatic hydroxyl groups is 1. The number of ether oxygens (including phenoxy) is 2. The first-order chi connectivity index (χ1) is 9.80. The van der Waals surface area contributed by atoms with Crippen LogP contribution in [0.4, 0.5) is 0 Å². The molecule has 0 amide bonds. The lowest BCUT2D eigenvalue weighted by atomic mass is 10.2. The summed E-state index contributed by atoms with van der Waals surface area (Å²) in [5.41, 5.74) is 0.537. The highest BCUT2D eigenvalue weighted by Crippen LogP contribution is 2.23. The number of unbranched alkanes of at least 4 members (excludes halogenated alkanes) is 3. The van der Waals surface area contributed by atoms with Gasteiger partial charge in [0.15, 0.2) is 0 Å². The van der Waals surface area contributed by atoms with Crippen molar-refractivity contribution in [3.8, 4) is 17.6 Å². The van der Waals surface area contributed by atoms with Gasteiger partial charge in [0.1, 0.15) is 11.5 Å². The van der Waals surface area contributed by atoms with E-state index in [-0.39, 0.29) is 6.61 Å². The van der Waals surface area contributed by atoms with Crippen LogP contribution in [-0.4, -0.2) is 24.9 Å². The molecule has 0 unspecified atom stereocenters. The number of hydrogen-bond donors (Lipinski definition) is 1. The van der Waals surface area contributed by atoms with Gasteiger partial charge >= 0.3 is 0 Å². The average molecular weight is 277 g/mol. The largest absolute Gasteiger partial charge is 0.493 e. The molecule has 0 fully saturated rings. The Kier molecular flexibility index (Phi) is 8.25. The third kappa shape index (κ3) is 6.44. The average Bonchev–Trinajstić information content (AvgIpc) is 2.48. The van der Waals surface area contributed by atoms with Crippen molar-refractivity contribution in [2.75, 3.05) is 19.8 Å². The van der Waals surface area contributed by atoms with E-state index < -0.39 is 0 Å². The summed E-state index contributed by atoms with van der Waals surface area (Å²) >= 11 is 0. The topological polar surface area (TPSA) is 62.5 Å². The summed E-state index contributed by atoms with van der Waals surface area (Å²) in [6.45, 7) is 3.51. The van der Waals surface area contributed by atoms with E-state index in [4.69, 9.17) is 19.8 Å². The van der Waals surface area contributed by atoms with Crippen LogP contribution >= 0.6 is 0 Å². The Morgan fingerprint density at radius 3 is 2.10 bits per heavy atom. The molecule has 1 aromatic carbocycles. The monoisotopic (exact) mass is 277 g/mol. The molecule has 0 saturated heterocycles. The SMILES string of the molecule is CCCCCOc1cc(C#N)cc(OCCCCO)c1. The highest BCUT2D eigenvalue weighted by Gasteiger charge is 2.03. The predicted octanol–water partition coefficient (Wildman–Crippen LogP) is 3.28. The van der Waals surface area contributed by atoms with Gasteiger partial charge in [-0.25, -0.2) is 0 Å². The summed E-state index contributed by atoms with van der Waals surface area (Å²) in [7, 11) is 0. The van der Waals surface area contributed by atoms with Crippen LogP contribution in [0.5, 0.6) is 11.5 Å². The van der Waals surface area contributed by atoms with E-state index in [1.807, 2.05) is 6.07 Å². The Morgan fingerprint density at radius 2 is 1.60 bits per heavy atom. The van der Waals surface area contributed by atoms with Gasteiger partial charge in [-0.2, -0.15) is 5.26 Å². The van der Waals surface area contributed by atoms with Gasteiger partial charge in [0.05, 0.1) is 24.8 Å². The Bertz CT molecular complexity index is 396. The quantitative estimate of drug-likeness (QED) is 0.667. The van der Waals surface area contributed by atoms with E-state index >= 15 is 0 Å². The van der Waals surface area contributed by atoms with E-state index in [2.05, 4.69) is 13.0 Å². The van der Waals surface area contributed by atoms with Crippen LogP contribution in [0.25, 0.3) is 0 Å². The fourth-order valence-corrected chi connectivity index (χ4v) is 1.75. The lowest BCUT2D eigenvalue weighted by molar-refractivity contribution is 0.251. The first-order valence-electron chi connectivity index (χ1n) is 7.21. The molecule has 0 aliphatic heterocycles. The van der Waals surface area contributed by atoms with Gasteiger partial charge in [0, 0.05) is 12.7 Å². The molecule has 1 aromatic rings. The fourth-order valence-electron chi connectivity index (χ4n) is 1.75. The van der Waals surface area contributed by atoms with Gasteiger partial charge < -0.3 is 14.6 Å². The minimum atomic E-state index is 0.174. The standard InChI is InChI=1S/C16H23NO3/c1-2-3-5-8-19-15-10-14(13-17)11-16(12-15)20-9-6-4-7-18/h10-12,18H,2-9H2,1H3. The normalized spacial score (nSPS) is 10.1. The minimum Gasteiger partial charge on any atom is -0.493 e. The van der Waals surface area contributed by atoms with Crippen LogP contribution in [-0.2, 0) is 0 Å². The molecule has 1 rings (SSSR count). The molecule has 0 aliphatic rings. The molecular weight excluding hydrogens is 254 g/mol. The van der Waals surface area contributed by atoms with E-state index in [0.717, 1.165) is 32.1 Å². The molecule has 20 heavy (non-hydrogen) atoms. The second-order valence-electron chi connectivity index (χ2n) is 4.64. The van der Waals surface area contributed by atoms with Gasteiger partial charge in [-0.3, -0.25) is 0 Å². The van der Waals surface area contributed by atoms with E-state index in [9.17, 15) is 0 Å². The first kappa shape index (κ1) is 16.3. The van der Waals surface area contributed by atoms with Crippen molar-refractivity contribution in [3.05, 3.63) is 23.8 Å². The van der Waals surface area contributed by atoms with Crippen LogP contribution in [0.1, 0.15) is 44.6 Å². The molecule has 0 aliphatic carbocycles. The van der Waals surface area contributed by atoms with Crippen molar-refractivity contribution >= 4 is 0 Å². The molecule has 0 saturated carbocycles. The number of hydrogen-bond acceptors (Lipinski definition) is 4. The summed E-state index contributed by atoms with van der Waals surface area (Å²) in [6.07, 6.45) is 4.82. The van der Waals surface area contributed by atoms with Gasteiger partial charge in [-0.1, -0.05) is 19.8 Å². The van der Waals surface area contributed by atoms with Crippen molar-refractivity contribution in [3.63, 3.8) is 0 Å². The summed E-state index contributed by atoms with van der Waals surface area (Å²) in [5, 5.41) is 17.7. The fraction of sp³-hybridized carbons (Fsp3) is 0.562. The molecule has 0 spiro atoms. The zero-order valence-electron chi connectivity index (χ0n) is 12.1. The second-order valence-corrected chi connectivity index (χ2v) is 4.64. The molecule has 0 radical (unpaired) electrons. The number of nitrogens with zero attached hydrogens (tertiary/aromatic N) is 1. The highest BCUT2D eigenvalue weighted by molar-refractivity contribution is 5.43. The van der Waals surface area contributed by atoms with Crippen LogP contribution in [0.15, 0.2) is 18.2 Å². The van der Waals surface area contributed by atoms with Crippen molar-refractivity contribution in [1.82, 2.24) is 0 Å². The Morgan fingerprint density at radius 1 is 1.00 bits per heavy atom. The zero-order chi connectivity index (χ0) is 14.6. The first-order valence-corrected chi connectivity index (χ1v) is 7.21. The van der Waals surface area contributed by atoms with Crippen LogP contribution in [0.3, 0.4) is 0 Å². The van der Waals surface area contributed by atoms with Crippen molar-refractivity contribution in [2.45, 2.75) is 39.0 Å². The maximum Gasteiger partial charge on any atom is 0.124 e. The van der Waals surface area contributed by atoms with Gasteiger partial charge in [0.2, 0.25) is 0 Å². The van der Waals surface area contributed by atoms with Gasteiger partial charge in [-0.05, 0) is 31.4 Å². The summed E-state index contributed by atoms with van der Waals surface area (Å²) in [6, 6.07) is 7.36. The molecule has 4 heteroatoms. The number of rotatable bonds is 10. The summed E-state index contributed by atoms with van der Waals surface area (Å²) in [5.74, 6) is 1.32. The lowest BCUT2D eigenvalue weighted by Crippen LogP contribution is -2.01. The predicted molar refractivity (Wildman–Crippen MR) is 78.0 cm³/mol. The molecular formula is C16H23NO3. The third-order valence-corrected chi connectivity index (χ3v) is 2.85. The molecule has 110 valence electrons. The van der Waals surface area contributed by atoms with E-state index in [1.165, 1.54) is 0 Å². The molecule has 4 nitrogen and oxygen atoms in total. The maximum absolute atomic E-state index is 9.01. The number of nitriles is 1. The van der Waals surface area contributed by atoms with E-state index in [1.54, 1.807) is 12.1 Å². The minimum absolute atomic E-state index is 0.174. The zero-order valence-corrected chi connectivity index (χ0v) is 12.1. The lowest BCUT2D eigenvalue weighted by Gasteiger charge is -2.10. The molecule has 0 aromatic heterocycles. The number of benzene rings is 1. The molecule has 0 heterocycles. The van der Waals surface area contributed by atoms with Crippen LogP contribution in [0.2, 0.25) is 0 Å². The summed E-state index contributed by atoms with van der Waals surface area (Å²) in [4.78, 5) is 0. The third-order valence-electron chi connectivity index (χ3n) is 2.85. The number of aliphatic hydroxyl groups excluding tert-OH is 1. The van der Waals surface area contributed by atoms with Crippen molar-refractivity contribution < 1.29 is 14.6 Å². The Balaban J connectivity index is 2.54. The smallest absolute Gasteiger partial charge is 0.124 e. The second kappa shape index (κ2) is 10.1. The van der Waals surface area contributed by atoms with Crippen LogP contribution in [0, 0.1) is 11.3 Å². The molecule has 1 N–H and O–H groups in total. The summed E-state index contributed by atoms with van der Waals surface area (Å²) < 4.78 is 11.2. The highest BCUT2D eigenvalue weighted by atomic mass is 16.5. The molecule has 0 bridgehead atoms. The Labute approximate surface area is 120 Å². The van der Waals surface area contributed by atoms with Crippen molar-refractivity contribution in [2.24, 2.45) is 0 Å². The molecule has 0 atom stereocenters.